The molecule has 0 spiro atoms. The summed E-state index contributed by atoms with van der Waals surface area (Å²) >= 11 is 0. The van der Waals surface area contributed by atoms with Gasteiger partial charge in [-0.15, -0.1) is 0 Å². The molecule has 0 heterocycles. The van der Waals surface area contributed by atoms with Crippen LogP contribution >= 0.6 is 0 Å². The first-order chi connectivity index (χ1) is 8.41. The lowest BCUT2D eigenvalue weighted by molar-refractivity contribution is 0.650. The van der Waals surface area contributed by atoms with Crippen LogP contribution in [0.5, 0.6) is 0 Å². The van der Waals surface area contributed by atoms with Crippen LogP contribution in [-0.4, -0.2) is 14.7 Å². The molecule has 4 heteroatoms. The zero-order chi connectivity index (χ0) is 13.3. The van der Waals surface area contributed by atoms with Gasteiger partial charge in [-0.3, -0.25) is 0 Å². The van der Waals surface area contributed by atoms with Gasteiger partial charge in [-0.25, -0.2) is 4.21 Å². The van der Waals surface area contributed by atoms with E-state index in [1.807, 2.05) is 32.9 Å². The summed E-state index contributed by atoms with van der Waals surface area (Å²) in [6, 6.07) is 7.74. The number of benzene rings is 1. The summed E-state index contributed by atoms with van der Waals surface area (Å²) in [6.07, 6.45) is 1.69. The molecule has 94 valence electrons. The molecule has 18 heavy (non-hydrogen) atoms. The molecule has 0 aliphatic heterocycles. The van der Waals surface area contributed by atoms with Crippen LogP contribution < -0.4 is 0 Å². The molecule has 0 unspecified atom stereocenters. The Kier molecular flexibility index (Phi) is 3.36. The van der Waals surface area contributed by atoms with Crippen LogP contribution in [0.2, 0.25) is 0 Å². The summed E-state index contributed by atoms with van der Waals surface area (Å²) in [5.41, 5.74) is 3.76. The van der Waals surface area contributed by atoms with Gasteiger partial charge < -0.3 is 0 Å². The summed E-state index contributed by atoms with van der Waals surface area (Å²) in [7, 11) is -1.22. The lowest BCUT2D eigenvalue weighted by Crippen LogP contribution is -2.20. The fourth-order valence-electron chi connectivity index (χ4n) is 1.87. The molecule has 0 amide bonds. The van der Waals surface area contributed by atoms with Crippen LogP contribution in [0.1, 0.15) is 43.9 Å². The highest BCUT2D eigenvalue weighted by Gasteiger charge is 2.23. The molecule has 0 aromatic heterocycles. The Balaban J connectivity index is 2.36. The van der Waals surface area contributed by atoms with Gasteiger partial charge in [0.2, 0.25) is 0 Å². The second-order valence-corrected chi connectivity index (χ2v) is 7.29. The molecule has 0 bridgehead atoms. The largest absolute Gasteiger partial charge is 0.234 e. The van der Waals surface area contributed by atoms with E-state index in [0.717, 1.165) is 29.7 Å². The molecule has 1 aromatic rings. The molecule has 0 radical (unpaired) electrons. The van der Waals surface area contributed by atoms with Crippen molar-refractivity contribution in [2.24, 2.45) is 4.40 Å². The van der Waals surface area contributed by atoms with Crippen molar-refractivity contribution >= 4 is 16.7 Å². The molecular formula is C14H16N2OS. The summed E-state index contributed by atoms with van der Waals surface area (Å²) in [6.45, 7) is 5.76. The molecule has 0 saturated carbocycles. The number of hydrogen-bond donors (Lipinski definition) is 0. The van der Waals surface area contributed by atoms with Crippen molar-refractivity contribution in [1.82, 2.24) is 0 Å². The van der Waals surface area contributed by atoms with E-state index in [4.69, 9.17) is 5.26 Å². The molecule has 2 rings (SSSR count). The first-order valence-corrected chi connectivity index (χ1v) is 7.05. The van der Waals surface area contributed by atoms with E-state index in [1.54, 1.807) is 6.07 Å². The second-order valence-electron chi connectivity index (χ2n) is 5.38. The minimum Gasteiger partial charge on any atom is -0.234 e. The molecule has 1 aromatic carbocycles. The standard InChI is InChI=1S/C14H16N2OS/c1-14(2,3)18(17)16-13-7-5-11-8-10(9-15)4-6-12(11)13/h4,6,8H,5,7H2,1-3H3/b16-13+/t18-/m1/s1. The van der Waals surface area contributed by atoms with Crippen LogP contribution in [0.25, 0.3) is 0 Å². The highest BCUT2D eigenvalue weighted by atomic mass is 32.2. The monoisotopic (exact) mass is 260 g/mol. The number of aryl methyl sites for hydroxylation is 1. The van der Waals surface area contributed by atoms with E-state index >= 15 is 0 Å². The maximum atomic E-state index is 12.0. The van der Waals surface area contributed by atoms with Gasteiger partial charge in [0.15, 0.2) is 0 Å². The van der Waals surface area contributed by atoms with E-state index in [2.05, 4.69) is 10.5 Å². The van der Waals surface area contributed by atoms with Gasteiger partial charge in [-0.05, 0) is 51.3 Å². The van der Waals surface area contributed by atoms with Crippen molar-refractivity contribution in [1.29, 1.82) is 5.26 Å². The number of fused-ring (bicyclic) bond motifs is 1. The first kappa shape index (κ1) is 13.0. The topological polar surface area (TPSA) is 53.2 Å². The van der Waals surface area contributed by atoms with Crippen LogP contribution in [0, 0.1) is 11.3 Å². The lowest BCUT2D eigenvalue weighted by Gasteiger charge is -2.14. The summed E-state index contributed by atoms with van der Waals surface area (Å²) < 4.78 is 16.0. The van der Waals surface area contributed by atoms with Crippen molar-refractivity contribution in [2.75, 3.05) is 0 Å². The second kappa shape index (κ2) is 4.66. The summed E-state index contributed by atoms with van der Waals surface area (Å²) in [5, 5.41) is 8.86. The molecule has 1 atom stereocenters. The number of nitriles is 1. The van der Waals surface area contributed by atoms with Crippen LogP contribution in [0.4, 0.5) is 0 Å². The smallest absolute Gasteiger partial charge is 0.145 e. The van der Waals surface area contributed by atoms with E-state index in [0.29, 0.717) is 5.56 Å². The molecule has 0 fully saturated rings. The zero-order valence-electron chi connectivity index (χ0n) is 10.9. The Hall–Kier alpha value is -1.47. The predicted molar refractivity (Wildman–Crippen MR) is 73.9 cm³/mol. The molecule has 0 saturated heterocycles. The van der Waals surface area contributed by atoms with Gasteiger partial charge in [0.25, 0.3) is 0 Å². The molecular weight excluding hydrogens is 244 g/mol. The van der Waals surface area contributed by atoms with Crippen LogP contribution in [-0.2, 0) is 17.4 Å². The van der Waals surface area contributed by atoms with Gasteiger partial charge in [0.05, 0.1) is 22.1 Å². The average molecular weight is 260 g/mol. The normalized spacial score (nSPS) is 18.4. The third kappa shape index (κ3) is 2.51. The fraction of sp³-hybridized carbons (Fsp3) is 0.429. The van der Waals surface area contributed by atoms with E-state index in [-0.39, 0.29) is 4.75 Å². The van der Waals surface area contributed by atoms with Crippen molar-refractivity contribution in [3.8, 4) is 6.07 Å². The van der Waals surface area contributed by atoms with Crippen molar-refractivity contribution in [3.63, 3.8) is 0 Å². The molecule has 1 aliphatic rings. The predicted octanol–water partition coefficient (Wildman–Crippen LogP) is 2.76. The zero-order valence-corrected chi connectivity index (χ0v) is 11.7. The van der Waals surface area contributed by atoms with Gasteiger partial charge >= 0.3 is 0 Å². The van der Waals surface area contributed by atoms with Crippen molar-refractivity contribution in [2.45, 2.75) is 38.4 Å². The van der Waals surface area contributed by atoms with Gasteiger partial charge in [0, 0.05) is 5.56 Å². The van der Waals surface area contributed by atoms with Gasteiger partial charge in [0.1, 0.15) is 11.0 Å². The van der Waals surface area contributed by atoms with Gasteiger partial charge in [-0.2, -0.15) is 9.66 Å². The van der Waals surface area contributed by atoms with Crippen LogP contribution in [0.15, 0.2) is 22.6 Å². The summed E-state index contributed by atoms with van der Waals surface area (Å²) in [4.78, 5) is 0. The lowest BCUT2D eigenvalue weighted by atomic mass is 10.1. The third-order valence-corrected chi connectivity index (χ3v) is 4.33. The number of nitrogens with zero attached hydrogens (tertiary/aromatic N) is 2. The fourth-order valence-corrected chi connectivity index (χ4v) is 2.53. The minimum absolute atomic E-state index is 0.331. The number of rotatable bonds is 1. The van der Waals surface area contributed by atoms with Crippen LogP contribution in [0.3, 0.4) is 0 Å². The molecule has 0 N–H and O–H groups in total. The Morgan fingerprint density at radius 1 is 1.33 bits per heavy atom. The third-order valence-electron chi connectivity index (χ3n) is 2.89. The Morgan fingerprint density at radius 2 is 2.06 bits per heavy atom. The molecule has 3 nitrogen and oxygen atoms in total. The Morgan fingerprint density at radius 3 is 2.67 bits per heavy atom. The minimum atomic E-state index is -1.22. The first-order valence-electron chi connectivity index (χ1n) is 5.95. The highest BCUT2D eigenvalue weighted by Crippen LogP contribution is 2.25. The molecule has 1 aliphatic carbocycles. The number of hydrogen-bond acceptors (Lipinski definition) is 2. The quantitative estimate of drug-likeness (QED) is 0.779. The Bertz CT molecular complexity index is 576. The van der Waals surface area contributed by atoms with Gasteiger partial charge in [-0.1, -0.05) is 6.07 Å². The van der Waals surface area contributed by atoms with E-state index in [1.165, 1.54) is 0 Å². The maximum Gasteiger partial charge on any atom is 0.145 e. The SMILES string of the molecule is CC(C)(C)[S@@](=O)/N=C1\CCc2cc(C#N)ccc21. The Labute approximate surface area is 110 Å². The van der Waals surface area contributed by atoms with Crippen molar-refractivity contribution in [3.05, 3.63) is 34.9 Å². The summed E-state index contributed by atoms with van der Waals surface area (Å²) in [5.74, 6) is 0. The highest BCUT2D eigenvalue weighted by molar-refractivity contribution is 7.85. The van der Waals surface area contributed by atoms with E-state index in [9.17, 15) is 4.21 Å². The maximum absolute atomic E-state index is 12.0. The van der Waals surface area contributed by atoms with Crippen molar-refractivity contribution < 1.29 is 4.21 Å². The average Bonchev–Trinajstić information content (AvgIpc) is 2.70. The van der Waals surface area contributed by atoms with E-state index < -0.39 is 11.0 Å².